The molecule has 4 aromatic rings. The zero-order valence-electron chi connectivity index (χ0n) is 21.9. The predicted octanol–water partition coefficient (Wildman–Crippen LogP) is 4.70. The number of hydrogen-bond acceptors (Lipinski definition) is 6. The molecule has 10 heteroatoms. The number of thiazole rings is 1. The minimum Gasteiger partial charge on any atom is -0.444 e. The van der Waals surface area contributed by atoms with Crippen LogP contribution in [0, 0.1) is 0 Å². The highest BCUT2D eigenvalue weighted by atomic mass is 32.1. The average molecular weight is 534 g/mol. The van der Waals surface area contributed by atoms with Crippen LogP contribution in [-0.2, 0) is 4.74 Å². The third kappa shape index (κ3) is 5.35. The molecule has 0 radical (unpaired) electrons. The molecule has 1 aliphatic heterocycles. The van der Waals surface area contributed by atoms with E-state index in [-0.39, 0.29) is 23.9 Å². The Labute approximate surface area is 224 Å². The molecule has 3 heterocycles. The second-order valence-corrected chi connectivity index (χ2v) is 11.4. The summed E-state index contributed by atoms with van der Waals surface area (Å²) in [7, 11) is 1.61. The molecular formula is C28H31N5O4S. The average Bonchev–Trinajstić information content (AvgIpc) is 3.45. The standard InChI is InChI=1S/C28H31N5O4S/c1-28(2,3)37-27(36)32-13-11-20(12-14-32)30-25(35)19-9-10-22-23(15-19)38-26-31-21(16-33(22)26)17-5-7-18(8-6-17)24(34)29-4/h5-10,15-16,20H,11-14H2,1-4H3,(H,29,34)(H,30,35). The smallest absolute Gasteiger partial charge is 0.410 e. The first kappa shape index (κ1) is 25.7. The summed E-state index contributed by atoms with van der Waals surface area (Å²) >= 11 is 1.52. The van der Waals surface area contributed by atoms with Crippen LogP contribution in [0.15, 0.2) is 48.7 Å². The van der Waals surface area contributed by atoms with Crippen molar-refractivity contribution in [2.45, 2.75) is 45.3 Å². The lowest BCUT2D eigenvalue weighted by Crippen LogP contribution is -2.47. The number of amides is 3. The quantitative estimate of drug-likeness (QED) is 0.396. The molecule has 2 aromatic heterocycles. The van der Waals surface area contributed by atoms with Crippen molar-refractivity contribution in [3.63, 3.8) is 0 Å². The maximum absolute atomic E-state index is 13.0. The number of piperidine rings is 1. The van der Waals surface area contributed by atoms with E-state index in [9.17, 15) is 14.4 Å². The maximum Gasteiger partial charge on any atom is 0.410 e. The molecule has 1 aliphatic rings. The molecule has 0 spiro atoms. The lowest BCUT2D eigenvalue weighted by molar-refractivity contribution is 0.0199. The van der Waals surface area contributed by atoms with Crippen molar-refractivity contribution in [1.82, 2.24) is 24.9 Å². The van der Waals surface area contributed by atoms with Crippen LogP contribution in [0.1, 0.15) is 54.3 Å². The normalized spacial score (nSPS) is 14.6. The van der Waals surface area contributed by atoms with Crippen molar-refractivity contribution in [2.75, 3.05) is 20.1 Å². The maximum atomic E-state index is 13.0. The molecule has 1 fully saturated rings. The fraction of sp³-hybridized carbons (Fsp3) is 0.357. The molecule has 0 atom stereocenters. The summed E-state index contributed by atoms with van der Waals surface area (Å²) in [6.07, 6.45) is 3.04. The lowest BCUT2D eigenvalue weighted by Gasteiger charge is -2.33. The highest BCUT2D eigenvalue weighted by Crippen LogP contribution is 2.30. The molecule has 5 rings (SSSR count). The number of nitrogens with zero attached hydrogens (tertiary/aromatic N) is 3. The van der Waals surface area contributed by atoms with Crippen LogP contribution >= 0.6 is 11.3 Å². The van der Waals surface area contributed by atoms with E-state index in [1.807, 2.05) is 61.7 Å². The van der Waals surface area contributed by atoms with Gasteiger partial charge in [0.15, 0.2) is 4.96 Å². The molecule has 3 amide bonds. The van der Waals surface area contributed by atoms with Gasteiger partial charge in [0, 0.05) is 49.1 Å². The van der Waals surface area contributed by atoms with E-state index in [1.54, 1.807) is 24.1 Å². The Bertz CT molecular complexity index is 1510. The highest BCUT2D eigenvalue weighted by molar-refractivity contribution is 7.23. The van der Waals surface area contributed by atoms with E-state index in [2.05, 4.69) is 10.6 Å². The molecule has 198 valence electrons. The van der Waals surface area contributed by atoms with E-state index in [0.29, 0.717) is 37.1 Å². The van der Waals surface area contributed by atoms with Gasteiger partial charge in [0.25, 0.3) is 11.8 Å². The molecule has 0 bridgehead atoms. The number of nitrogens with one attached hydrogen (secondary N) is 2. The van der Waals surface area contributed by atoms with Gasteiger partial charge in [-0.15, -0.1) is 0 Å². The van der Waals surface area contributed by atoms with Crippen molar-refractivity contribution < 1.29 is 19.1 Å². The minimum atomic E-state index is -0.523. The number of carbonyl (C=O) groups excluding carboxylic acids is 3. The van der Waals surface area contributed by atoms with Crippen molar-refractivity contribution in [2.24, 2.45) is 0 Å². The third-order valence-corrected chi connectivity index (χ3v) is 7.53. The molecule has 38 heavy (non-hydrogen) atoms. The van der Waals surface area contributed by atoms with E-state index >= 15 is 0 Å². The summed E-state index contributed by atoms with van der Waals surface area (Å²) in [5.41, 5.74) is 3.40. The number of fused-ring (bicyclic) bond motifs is 3. The van der Waals surface area contributed by atoms with E-state index in [1.165, 1.54) is 11.3 Å². The summed E-state index contributed by atoms with van der Waals surface area (Å²) in [4.78, 5) is 44.4. The molecule has 0 unspecified atom stereocenters. The van der Waals surface area contributed by atoms with Gasteiger partial charge in [-0.05, 0) is 63.9 Å². The summed E-state index contributed by atoms with van der Waals surface area (Å²) in [6.45, 7) is 6.67. The third-order valence-electron chi connectivity index (χ3n) is 6.51. The first-order valence-electron chi connectivity index (χ1n) is 12.6. The van der Waals surface area contributed by atoms with Gasteiger partial charge in [0.2, 0.25) is 0 Å². The Morgan fingerprint density at radius 1 is 1.00 bits per heavy atom. The molecule has 1 saturated heterocycles. The predicted molar refractivity (Wildman–Crippen MR) is 148 cm³/mol. The number of benzene rings is 2. The van der Waals surface area contributed by atoms with Crippen LogP contribution in [0.3, 0.4) is 0 Å². The van der Waals surface area contributed by atoms with Crippen LogP contribution in [0.2, 0.25) is 0 Å². The SMILES string of the molecule is CNC(=O)c1ccc(-c2cn3c(n2)sc2cc(C(=O)NC4CCN(C(=O)OC(C)(C)C)CC4)ccc23)cc1. The van der Waals surface area contributed by atoms with Crippen molar-refractivity contribution >= 4 is 44.4 Å². The Hall–Kier alpha value is -3.92. The molecular weight excluding hydrogens is 502 g/mol. The molecule has 0 saturated carbocycles. The van der Waals surface area contributed by atoms with E-state index in [0.717, 1.165) is 26.4 Å². The van der Waals surface area contributed by atoms with Crippen LogP contribution in [-0.4, -0.2) is 64.0 Å². The number of ether oxygens (including phenoxy) is 1. The molecule has 9 nitrogen and oxygen atoms in total. The first-order chi connectivity index (χ1) is 18.1. The van der Waals surface area contributed by atoms with Crippen LogP contribution < -0.4 is 10.6 Å². The minimum absolute atomic E-state index is 0.00915. The van der Waals surface area contributed by atoms with Gasteiger partial charge in [-0.2, -0.15) is 0 Å². The lowest BCUT2D eigenvalue weighted by atomic mass is 10.0. The van der Waals surface area contributed by atoms with E-state index in [4.69, 9.17) is 9.72 Å². The number of carbonyl (C=O) groups is 3. The van der Waals surface area contributed by atoms with Gasteiger partial charge in [0.1, 0.15) is 5.60 Å². The van der Waals surface area contributed by atoms with E-state index < -0.39 is 5.60 Å². The molecule has 0 aliphatic carbocycles. The van der Waals surface area contributed by atoms with Crippen LogP contribution in [0.5, 0.6) is 0 Å². The number of likely N-dealkylation sites (tertiary alicyclic amines) is 1. The fourth-order valence-electron chi connectivity index (χ4n) is 4.52. The van der Waals surface area contributed by atoms with Gasteiger partial charge in [-0.3, -0.25) is 14.0 Å². The number of rotatable bonds is 4. The van der Waals surface area contributed by atoms with Gasteiger partial charge in [0.05, 0.1) is 15.9 Å². The van der Waals surface area contributed by atoms with Gasteiger partial charge < -0.3 is 20.3 Å². The van der Waals surface area contributed by atoms with Gasteiger partial charge in [-0.25, -0.2) is 9.78 Å². The summed E-state index contributed by atoms with van der Waals surface area (Å²) < 4.78 is 8.45. The number of imidazole rings is 1. The topological polar surface area (TPSA) is 105 Å². The Balaban J connectivity index is 1.25. The largest absolute Gasteiger partial charge is 0.444 e. The first-order valence-corrected chi connectivity index (χ1v) is 13.5. The van der Waals surface area contributed by atoms with Crippen LogP contribution in [0.25, 0.3) is 26.4 Å². The molecule has 2 aromatic carbocycles. The highest BCUT2D eigenvalue weighted by Gasteiger charge is 2.27. The van der Waals surface area contributed by atoms with Gasteiger partial charge in [-0.1, -0.05) is 23.5 Å². The van der Waals surface area contributed by atoms with Crippen molar-refractivity contribution in [3.8, 4) is 11.3 Å². The molecule has 2 N–H and O–H groups in total. The van der Waals surface area contributed by atoms with Crippen molar-refractivity contribution in [3.05, 3.63) is 59.8 Å². The van der Waals surface area contributed by atoms with Crippen LogP contribution in [0.4, 0.5) is 4.79 Å². The van der Waals surface area contributed by atoms with Crippen molar-refractivity contribution in [1.29, 1.82) is 0 Å². The number of hydrogen-bond donors (Lipinski definition) is 2. The number of aromatic nitrogens is 2. The Kier molecular flexibility index (Phi) is 6.83. The monoisotopic (exact) mass is 533 g/mol. The zero-order chi connectivity index (χ0) is 27.0. The summed E-state index contributed by atoms with van der Waals surface area (Å²) in [5.74, 6) is -0.245. The summed E-state index contributed by atoms with van der Waals surface area (Å²) in [6, 6.07) is 13.0. The second-order valence-electron chi connectivity index (χ2n) is 10.4. The Morgan fingerprint density at radius 2 is 1.68 bits per heavy atom. The second kappa shape index (κ2) is 10.1. The summed E-state index contributed by atoms with van der Waals surface area (Å²) in [5, 5.41) is 5.74. The zero-order valence-corrected chi connectivity index (χ0v) is 22.7. The Morgan fingerprint density at radius 3 is 2.34 bits per heavy atom. The fourth-order valence-corrected chi connectivity index (χ4v) is 5.57. The van der Waals surface area contributed by atoms with Gasteiger partial charge >= 0.3 is 6.09 Å².